The molecule has 1 atom stereocenters. The van der Waals surface area contributed by atoms with Crippen LogP contribution in [0.1, 0.15) is 32.4 Å². The Morgan fingerprint density at radius 2 is 2.00 bits per heavy atom. The second-order valence-corrected chi connectivity index (χ2v) is 5.14. The summed E-state index contributed by atoms with van der Waals surface area (Å²) < 4.78 is 26.9. The van der Waals surface area contributed by atoms with Crippen LogP contribution < -0.4 is 5.32 Å². The van der Waals surface area contributed by atoms with E-state index in [-0.39, 0.29) is 6.04 Å². The van der Waals surface area contributed by atoms with Gasteiger partial charge in [-0.3, -0.25) is 0 Å². The summed E-state index contributed by atoms with van der Waals surface area (Å²) in [5.41, 5.74) is 0.299. The number of nitrogens with zero attached hydrogens (tertiary/aromatic N) is 2. The monoisotopic (exact) mass is 279 g/mol. The van der Waals surface area contributed by atoms with Crippen molar-refractivity contribution in [2.24, 2.45) is 4.99 Å². The summed E-state index contributed by atoms with van der Waals surface area (Å²) in [6.07, 6.45) is 3.80. The average Bonchev–Trinajstić information content (AvgIpc) is 2.42. The first-order valence-corrected chi connectivity index (χ1v) is 6.67. The van der Waals surface area contributed by atoms with Crippen LogP contribution in [0.2, 0.25) is 0 Å². The van der Waals surface area contributed by atoms with Crippen LogP contribution in [0.4, 0.5) is 8.78 Å². The number of nitrogens with one attached hydrogen (secondary N) is 1. The van der Waals surface area contributed by atoms with E-state index < -0.39 is 11.6 Å². The fourth-order valence-electron chi connectivity index (χ4n) is 2.00. The lowest BCUT2D eigenvalue weighted by Crippen LogP contribution is -2.34. The van der Waals surface area contributed by atoms with Gasteiger partial charge in [-0.25, -0.2) is 13.8 Å². The van der Waals surface area contributed by atoms with Crippen LogP contribution >= 0.6 is 0 Å². The van der Waals surface area contributed by atoms with Gasteiger partial charge < -0.3 is 10.2 Å². The molecule has 0 aliphatic carbocycles. The Balaban J connectivity index is 2.04. The van der Waals surface area contributed by atoms with Gasteiger partial charge in [0.05, 0.1) is 6.04 Å². The summed E-state index contributed by atoms with van der Waals surface area (Å²) in [6.45, 7) is 6.52. The summed E-state index contributed by atoms with van der Waals surface area (Å²) >= 11 is 0. The molecule has 0 saturated heterocycles. The van der Waals surface area contributed by atoms with Gasteiger partial charge in [0.1, 0.15) is 24.1 Å². The molecule has 5 heteroatoms. The molecule has 0 spiro atoms. The topological polar surface area (TPSA) is 27.6 Å². The molecule has 0 amide bonds. The first-order valence-electron chi connectivity index (χ1n) is 6.67. The second-order valence-electron chi connectivity index (χ2n) is 5.14. The van der Waals surface area contributed by atoms with E-state index in [9.17, 15) is 8.78 Å². The first kappa shape index (κ1) is 14.5. The number of amidine groups is 1. The predicted octanol–water partition coefficient (Wildman–Crippen LogP) is 3.21. The maximum atomic E-state index is 13.7. The van der Waals surface area contributed by atoms with Crippen LogP contribution in [-0.4, -0.2) is 23.4 Å². The highest BCUT2D eigenvalue weighted by molar-refractivity contribution is 5.93. The van der Waals surface area contributed by atoms with Gasteiger partial charge in [0.15, 0.2) is 0 Å². The van der Waals surface area contributed by atoms with Gasteiger partial charge in [0.25, 0.3) is 0 Å². The van der Waals surface area contributed by atoms with Crippen LogP contribution in [0.15, 0.2) is 35.5 Å². The fraction of sp³-hybridized carbons (Fsp3) is 0.400. The molecule has 108 valence electrons. The molecule has 0 bridgehead atoms. The van der Waals surface area contributed by atoms with E-state index in [4.69, 9.17) is 0 Å². The predicted molar refractivity (Wildman–Crippen MR) is 76.3 cm³/mol. The first-order chi connectivity index (χ1) is 9.47. The molecule has 0 saturated carbocycles. The lowest BCUT2D eigenvalue weighted by Gasteiger charge is -2.27. The van der Waals surface area contributed by atoms with Crippen molar-refractivity contribution in [2.45, 2.75) is 32.9 Å². The standard InChI is InChI=1S/C15H19F2N3/c1-10(2)20-7-6-15(18-9-20)19-11(3)13-8-12(16)4-5-14(13)17/h4-8,10-11H,9H2,1-3H3,(H,18,19). The van der Waals surface area contributed by atoms with E-state index in [0.717, 1.165) is 12.1 Å². The summed E-state index contributed by atoms with van der Waals surface area (Å²) in [5, 5.41) is 3.09. The number of benzene rings is 1. The maximum Gasteiger partial charge on any atom is 0.128 e. The maximum absolute atomic E-state index is 13.7. The van der Waals surface area contributed by atoms with E-state index >= 15 is 0 Å². The normalized spacial score (nSPS) is 16.3. The average molecular weight is 279 g/mol. The Kier molecular flexibility index (Phi) is 4.37. The number of hydrogen-bond acceptors (Lipinski definition) is 3. The highest BCUT2D eigenvalue weighted by Gasteiger charge is 2.15. The van der Waals surface area contributed by atoms with Crippen molar-refractivity contribution in [2.75, 3.05) is 6.67 Å². The minimum Gasteiger partial charge on any atom is -0.364 e. The van der Waals surface area contributed by atoms with Gasteiger partial charge >= 0.3 is 0 Å². The van der Waals surface area contributed by atoms with Gasteiger partial charge in [-0.2, -0.15) is 0 Å². The number of halogens is 2. The van der Waals surface area contributed by atoms with E-state index in [2.05, 4.69) is 29.1 Å². The van der Waals surface area contributed by atoms with Crippen molar-refractivity contribution in [1.82, 2.24) is 10.2 Å². The largest absolute Gasteiger partial charge is 0.364 e. The van der Waals surface area contributed by atoms with E-state index in [0.29, 0.717) is 24.1 Å². The van der Waals surface area contributed by atoms with Crippen molar-refractivity contribution in [3.63, 3.8) is 0 Å². The van der Waals surface area contributed by atoms with Crippen molar-refractivity contribution in [1.29, 1.82) is 0 Å². The third-order valence-corrected chi connectivity index (χ3v) is 3.28. The molecule has 2 rings (SSSR count). The SMILES string of the molecule is CC(NC1=NCN(C(C)C)C=C1)c1cc(F)ccc1F. The lowest BCUT2D eigenvalue weighted by atomic mass is 10.1. The molecule has 1 aliphatic heterocycles. The summed E-state index contributed by atoms with van der Waals surface area (Å²) in [4.78, 5) is 6.46. The highest BCUT2D eigenvalue weighted by atomic mass is 19.1. The van der Waals surface area contributed by atoms with Gasteiger partial charge in [0.2, 0.25) is 0 Å². The van der Waals surface area contributed by atoms with E-state index in [1.807, 2.05) is 12.3 Å². The summed E-state index contributed by atoms with van der Waals surface area (Å²) in [7, 11) is 0. The van der Waals surface area contributed by atoms with E-state index in [1.165, 1.54) is 6.07 Å². The Morgan fingerprint density at radius 1 is 1.25 bits per heavy atom. The van der Waals surface area contributed by atoms with Crippen LogP contribution in [0.3, 0.4) is 0 Å². The minimum absolute atomic E-state index is 0.299. The summed E-state index contributed by atoms with van der Waals surface area (Å²) in [5.74, 6) is -0.184. The number of aliphatic imine (C=N–C) groups is 1. The fourth-order valence-corrected chi connectivity index (χ4v) is 2.00. The molecular formula is C15H19F2N3. The van der Waals surface area contributed by atoms with Crippen LogP contribution in [0, 0.1) is 11.6 Å². The van der Waals surface area contributed by atoms with Crippen molar-refractivity contribution >= 4 is 5.84 Å². The van der Waals surface area contributed by atoms with Crippen LogP contribution in [-0.2, 0) is 0 Å². The number of rotatable bonds is 3. The summed E-state index contributed by atoms with van der Waals surface area (Å²) in [6, 6.07) is 3.50. The molecule has 1 aliphatic rings. The molecule has 0 fully saturated rings. The van der Waals surface area contributed by atoms with Gasteiger partial charge in [0, 0.05) is 17.8 Å². The number of hydrogen-bond donors (Lipinski definition) is 1. The zero-order valence-electron chi connectivity index (χ0n) is 11.9. The molecule has 20 heavy (non-hydrogen) atoms. The molecule has 0 aromatic heterocycles. The van der Waals surface area contributed by atoms with Gasteiger partial charge in [-0.1, -0.05) is 0 Å². The van der Waals surface area contributed by atoms with Gasteiger partial charge in [-0.15, -0.1) is 0 Å². The second kappa shape index (κ2) is 6.03. The molecule has 0 radical (unpaired) electrons. The molecule has 1 N–H and O–H groups in total. The zero-order valence-corrected chi connectivity index (χ0v) is 11.9. The lowest BCUT2D eigenvalue weighted by molar-refractivity contribution is 0.317. The van der Waals surface area contributed by atoms with E-state index in [1.54, 1.807) is 6.92 Å². The third-order valence-electron chi connectivity index (χ3n) is 3.28. The van der Waals surface area contributed by atoms with Crippen molar-refractivity contribution < 1.29 is 8.78 Å². The molecule has 3 nitrogen and oxygen atoms in total. The smallest absolute Gasteiger partial charge is 0.128 e. The minimum atomic E-state index is -0.442. The third kappa shape index (κ3) is 3.35. The Bertz CT molecular complexity index is 538. The highest BCUT2D eigenvalue weighted by Crippen LogP contribution is 2.18. The van der Waals surface area contributed by atoms with Crippen molar-refractivity contribution in [3.8, 4) is 0 Å². The molecule has 1 unspecified atom stereocenters. The Labute approximate surface area is 118 Å². The Hall–Kier alpha value is -1.91. The van der Waals surface area contributed by atoms with Crippen molar-refractivity contribution in [3.05, 3.63) is 47.7 Å². The van der Waals surface area contributed by atoms with Crippen LogP contribution in [0.5, 0.6) is 0 Å². The molecule has 1 aromatic carbocycles. The molecular weight excluding hydrogens is 260 g/mol. The zero-order chi connectivity index (χ0) is 14.7. The molecule has 1 heterocycles. The van der Waals surface area contributed by atoms with Crippen LogP contribution in [0.25, 0.3) is 0 Å². The molecule has 1 aromatic rings. The Morgan fingerprint density at radius 3 is 2.60 bits per heavy atom. The quantitative estimate of drug-likeness (QED) is 0.920. The van der Waals surface area contributed by atoms with Gasteiger partial charge in [-0.05, 0) is 45.0 Å².